The molecule has 1 aromatic heterocycles. The Bertz CT molecular complexity index is 965. The van der Waals surface area contributed by atoms with Gasteiger partial charge in [0.05, 0.1) is 0 Å². The summed E-state index contributed by atoms with van der Waals surface area (Å²) in [6.07, 6.45) is 4.18. The lowest BCUT2D eigenvalue weighted by Gasteiger charge is -2.32. The summed E-state index contributed by atoms with van der Waals surface area (Å²) >= 11 is 0. The van der Waals surface area contributed by atoms with E-state index >= 15 is 0 Å². The van der Waals surface area contributed by atoms with Crippen molar-refractivity contribution in [3.63, 3.8) is 0 Å². The maximum absolute atomic E-state index is 12.9. The zero-order valence-corrected chi connectivity index (χ0v) is 16.3. The van der Waals surface area contributed by atoms with E-state index < -0.39 is 0 Å². The summed E-state index contributed by atoms with van der Waals surface area (Å²) in [5.41, 5.74) is 5.68. The van der Waals surface area contributed by atoms with E-state index in [1.54, 1.807) is 0 Å². The Morgan fingerprint density at radius 2 is 1.85 bits per heavy atom. The number of amides is 1. The molecule has 1 aliphatic rings. The van der Waals surface area contributed by atoms with Crippen LogP contribution < -0.4 is 4.90 Å². The van der Waals surface area contributed by atoms with E-state index in [2.05, 4.69) is 47.3 Å². The number of nitrogens with one attached hydrogen (secondary N) is 1. The van der Waals surface area contributed by atoms with Crippen LogP contribution in [0.5, 0.6) is 0 Å². The number of rotatable bonds is 3. The van der Waals surface area contributed by atoms with Gasteiger partial charge in [0.25, 0.3) is 5.91 Å². The second-order valence-corrected chi connectivity index (χ2v) is 7.75. The Morgan fingerprint density at radius 1 is 1.11 bits per heavy atom. The maximum Gasteiger partial charge on any atom is 0.253 e. The number of para-hydroxylation sites is 1. The molecule has 27 heavy (non-hydrogen) atoms. The number of H-pyrrole nitrogens is 1. The molecule has 1 N–H and O–H groups in total. The highest BCUT2D eigenvalue weighted by atomic mass is 16.2. The molecule has 0 aliphatic carbocycles. The molecule has 0 atom stereocenters. The number of anilines is 1. The van der Waals surface area contributed by atoms with Crippen LogP contribution in [0.15, 0.2) is 48.7 Å². The first-order valence-corrected chi connectivity index (χ1v) is 9.68. The molecule has 2 aromatic carbocycles. The largest absolute Gasteiger partial charge is 0.377 e. The third-order valence-electron chi connectivity index (χ3n) is 5.77. The molecule has 4 rings (SSSR count). The lowest BCUT2D eigenvalue weighted by molar-refractivity contribution is 0.0713. The number of benzene rings is 2. The van der Waals surface area contributed by atoms with Gasteiger partial charge in [0.1, 0.15) is 0 Å². The van der Waals surface area contributed by atoms with E-state index in [1.807, 2.05) is 37.2 Å². The molecular formula is C23H27N3O. The zero-order chi connectivity index (χ0) is 19.0. The number of carbonyl (C=O) groups excluding carboxylic acids is 1. The predicted molar refractivity (Wildman–Crippen MR) is 112 cm³/mol. The van der Waals surface area contributed by atoms with Crippen molar-refractivity contribution in [3.05, 3.63) is 65.4 Å². The van der Waals surface area contributed by atoms with Gasteiger partial charge in [-0.3, -0.25) is 4.79 Å². The van der Waals surface area contributed by atoms with Gasteiger partial charge in [-0.15, -0.1) is 0 Å². The van der Waals surface area contributed by atoms with Crippen LogP contribution in [0.4, 0.5) is 5.69 Å². The Balaban J connectivity index is 1.46. The number of fused-ring (bicyclic) bond motifs is 1. The lowest BCUT2D eigenvalue weighted by atomic mass is 9.89. The van der Waals surface area contributed by atoms with Crippen molar-refractivity contribution in [1.29, 1.82) is 0 Å². The van der Waals surface area contributed by atoms with Gasteiger partial charge < -0.3 is 14.8 Å². The zero-order valence-electron chi connectivity index (χ0n) is 16.3. The van der Waals surface area contributed by atoms with Crippen LogP contribution in [0.25, 0.3) is 10.9 Å². The highest BCUT2D eigenvalue weighted by Crippen LogP contribution is 2.33. The lowest BCUT2D eigenvalue weighted by Crippen LogP contribution is -2.38. The molecule has 3 aromatic rings. The molecule has 2 heterocycles. The van der Waals surface area contributed by atoms with Crippen LogP contribution >= 0.6 is 0 Å². The molecule has 0 radical (unpaired) electrons. The van der Waals surface area contributed by atoms with E-state index in [-0.39, 0.29) is 5.91 Å². The SMILES string of the molecule is Cc1cc(C(=O)N2CCC(c3c[nH]c4ccccc34)CC2)ccc1N(C)C. The molecule has 1 saturated heterocycles. The van der Waals surface area contributed by atoms with E-state index in [0.717, 1.165) is 42.7 Å². The van der Waals surface area contributed by atoms with Crippen molar-refractivity contribution in [2.45, 2.75) is 25.7 Å². The van der Waals surface area contributed by atoms with Crippen molar-refractivity contribution >= 4 is 22.5 Å². The number of piperidine rings is 1. The number of likely N-dealkylation sites (tertiary alicyclic amines) is 1. The molecular weight excluding hydrogens is 334 g/mol. The van der Waals surface area contributed by atoms with Gasteiger partial charge in [0.2, 0.25) is 0 Å². The fourth-order valence-corrected chi connectivity index (χ4v) is 4.30. The van der Waals surface area contributed by atoms with Gasteiger partial charge in [-0.2, -0.15) is 0 Å². The topological polar surface area (TPSA) is 39.3 Å². The maximum atomic E-state index is 12.9. The van der Waals surface area contributed by atoms with Gasteiger partial charge in [-0.05, 0) is 61.1 Å². The second kappa shape index (κ2) is 7.10. The Hall–Kier alpha value is -2.75. The smallest absolute Gasteiger partial charge is 0.253 e. The molecule has 1 aliphatic heterocycles. The fraction of sp³-hybridized carbons (Fsp3) is 0.348. The Kier molecular flexibility index (Phi) is 4.65. The number of nitrogens with zero attached hydrogens (tertiary/aromatic N) is 2. The first-order chi connectivity index (χ1) is 13.0. The minimum absolute atomic E-state index is 0.154. The van der Waals surface area contributed by atoms with Crippen molar-refractivity contribution < 1.29 is 4.79 Å². The molecule has 140 valence electrons. The summed E-state index contributed by atoms with van der Waals surface area (Å²) in [6, 6.07) is 14.5. The summed E-state index contributed by atoms with van der Waals surface area (Å²) in [5.74, 6) is 0.670. The van der Waals surface area contributed by atoms with Crippen LogP contribution in [0.1, 0.15) is 40.2 Å². The first kappa shape index (κ1) is 17.7. The minimum Gasteiger partial charge on any atom is -0.377 e. The van der Waals surface area contributed by atoms with Crippen molar-refractivity contribution in [1.82, 2.24) is 9.88 Å². The van der Waals surface area contributed by atoms with Gasteiger partial charge in [0.15, 0.2) is 0 Å². The highest BCUT2D eigenvalue weighted by molar-refractivity contribution is 5.95. The van der Waals surface area contributed by atoms with Gasteiger partial charge in [0, 0.05) is 55.5 Å². The normalized spacial score (nSPS) is 15.3. The number of aromatic amines is 1. The summed E-state index contributed by atoms with van der Waals surface area (Å²) in [6.45, 7) is 3.70. The standard InChI is InChI=1S/C23H27N3O/c1-16-14-18(8-9-22(16)25(2)3)23(27)26-12-10-17(11-13-26)20-15-24-21-7-5-4-6-19(20)21/h4-9,14-15,17,24H,10-13H2,1-3H3. The molecule has 0 bridgehead atoms. The summed E-state index contributed by atoms with van der Waals surface area (Å²) < 4.78 is 0. The average Bonchev–Trinajstić information content (AvgIpc) is 3.11. The molecule has 0 spiro atoms. The van der Waals surface area contributed by atoms with Crippen molar-refractivity contribution in [2.24, 2.45) is 0 Å². The first-order valence-electron chi connectivity index (χ1n) is 9.68. The Labute approximate surface area is 160 Å². The molecule has 4 nitrogen and oxygen atoms in total. The van der Waals surface area contributed by atoms with Gasteiger partial charge >= 0.3 is 0 Å². The molecule has 0 saturated carbocycles. The van der Waals surface area contributed by atoms with E-state index in [4.69, 9.17) is 0 Å². The number of aromatic nitrogens is 1. The number of hydrogen-bond acceptors (Lipinski definition) is 2. The number of hydrogen-bond donors (Lipinski definition) is 1. The van der Waals surface area contributed by atoms with Crippen LogP contribution in [-0.2, 0) is 0 Å². The van der Waals surface area contributed by atoms with E-state index in [0.29, 0.717) is 5.92 Å². The van der Waals surface area contributed by atoms with E-state index in [9.17, 15) is 4.79 Å². The van der Waals surface area contributed by atoms with Crippen LogP contribution in [0.2, 0.25) is 0 Å². The second-order valence-electron chi connectivity index (χ2n) is 7.75. The summed E-state index contributed by atoms with van der Waals surface area (Å²) in [7, 11) is 4.05. The van der Waals surface area contributed by atoms with Crippen molar-refractivity contribution in [3.8, 4) is 0 Å². The molecule has 1 amide bonds. The van der Waals surface area contributed by atoms with Gasteiger partial charge in [-0.1, -0.05) is 18.2 Å². The molecule has 4 heteroatoms. The van der Waals surface area contributed by atoms with Crippen LogP contribution in [-0.4, -0.2) is 43.0 Å². The number of aryl methyl sites for hydroxylation is 1. The monoisotopic (exact) mass is 361 g/mol. The molecule has 1 fully saturated rings. The quantitative estimate of drug-likeness (QED) is 0.743. The number of carbonyl (C=O) groups is 1. The fourth-order valence-electron chi connectivity index (χ4n) is 4.30. The Morgan fingerprint density at radius 3 is 2.56 bits per heavy atom. The molecule has 0 unspecified atom stereocenters. The van der Waals surface area contributed by atoms with Crippen molar-refractivity contribution in [2.75, 3.05) is 32.1 Å². The van der Waals surface area contributed by atoms with Gasteiger partial charge in [-0.25, -0.2) is 0 Å². The summed E-state index contributed by atoms with van der Waals surface area (Å²) in [5, 5.41) is 1.32. The third kappa shape index (κ3) is 3.32. The predicted octanol–water partition coefficient (Wildman–Crippen LogP) is 4.56. The average molecular weight is 361 g/mol. The summed E-state index contributed by atoms with van der Waals surface area (Å²) in [4.78, 5) is 20.4. The third-order valence-corrected chi connectivity index (χ3v) is 5.77. The van der Waals surface area contributed by atoms with E-state index in [1.165, 1.54) is 16.5 Å². The van der Waals surface area contributed by atoms with Crippen LogP contribution in [0, 0.1) is 6.92 Å². The highest BCUT2D eigenvalue weighted by Gasteiger charge is 2.26. The van der Waals surface area contributed by atoms with Crippen LogP contribution in [0.3, 0.4) is 0 Å². The minimum atomic E-state index is 0.154.